The highest BCUT2D eigenvalue weighted by Gasteiger charge is 2.52. The third-order valence-electron chi connectivity index (χ3n) is 7.32. The highest BCUT2D eigenvalue weighted by molar-refractivity contribution is 5.72. The summed E-state index contributed by atoms with van der Waals surface area (Å²) in [4.78, 5) is 11.4. The van der Waals surface area contributed by atoms with Crippen molar-refractivity contribution in [3.05, 3.63) is 71.8 Å². The van der Waals surface area contributed by atoms with E-state index in [0.29, 0.717) is 30.3 Å². The Morgan fingerprint density at radius 3 is 2.53 bits per heavy atom. The average molecular weight is 432 g/mol. The van der Waals surface area contributed by atoms with Crippen LogP contribution in [0.1, 0.15) is 42.9 Å². The lowest BCUT2D eigenvalue weighted by Crippen LogP contribution is -2.22. The Morgan fingerprint density at radius 1 is 1.06 bits per heavy atom. The van der Waals surface area contributed by atoms with Crippen molar-refractivity contribution in [3.8, 4) is 11.1 Å². The van der Waals surface area contributed by atoms with E-state index in [4.69, 9.17) is 4.74 Å². The van der Waals surface area contributed by atoms with Crippen LogP contribution in [0.4, 0.5) is 16.0 Å². The van der Waals surface area contributed by atoms with Gasteiger partial charge in [0, 0.05) is 54.4 Å². The van der Waals surface area contributed by atoms with E-state index in [1.165, 1.54) is 11.6 Å². The van der Waals surface area contributed by atoms with Gasteiger partial charge < -0.3 is 14.7 Å². The summed E-state index contributed by atoms with van der Waals surface area (Å²) >= 11 is 0. The SMILES string of the molecule is OC(c1ccc2c(c1)N(c1ncc(-c3ccccc3F)cn1)CC21CC1)C1CCOCC1. The first-order chi connectivity index (χ1) is 15.6. The number of halogens is 1. The van der Waals surface area contributed by atoms with Gasteiger partial charge in [0.2, 0.25) is 5.95 Å². The molecule has 2 fully saturated rings. The summed E-state index contributed by atoms with van der Waals surface area (Å²) in [6.07, 6.45) is 6.97. The number of ether oxygens (including phenoxy) is 1. The molecule has 1 N–H and O–H groups in total. The summed E-state index contributed by atoms with van der Waals surface area (Å²) in [7, 11) is 0. The summed E-state index contributed by atoms with van der Waals surface area (Å²) in [6.45, 7) is 2.27. The van der Waals surface area contributed by atoms with Crippen LogP contribution in [0.3, 0.4) is 0 Å². The lowest BCUT2D eigenvalue weighted by molar-refractivity contribution is 0.00720. The first-order valence-electron chi connectivity index (χ1n) is 11.4. The molecule has 1 atom stereocenters. The number of aromatic nitrogens is 2. The van der Waals surface area contributed by atoms with E-state index in [1.807, 2.05) is 6.07 Å². The molecule has 1 spiro atoms. The Labute approximate surface area is 186 Å². The van der Waals surface area contributed by atoms with E-state index in [0.717, 1.165) is 43.5 Å². The maximum Gasteiger partial charge on any atom is 0.229 e. The third-order valence-corrected chi connectivity index (χ3v) is 7.32. The monoisotopic (exact) mass is 431 g/mol. The van der Waals surface area contributed by atoms with E-state index in [-0.39, 0.29) is 17.2 Å². The van der Waals surface area contributed by atoms with Crippen LogP contribution in [-0.2, 0) is 10.2 Å². The second-order valence-electron chi connectivity index (χ2n) is 9.29. The van der Waals surface area contributed by atoms with Gasteiger partial charge in [0.05, 0.1) is 6.10 Å². The molecule has 2 aromatic carbocycles. The molecule has 1 aliphatic carbocycles. The van der Waals surface area contributed by atoms with Crippen LogP contribution in [0, 0.1) is 11.7 Å². The normalized spacial score (nSPS) is 20.4. The number of rotatable bonds is 4. The summed E-state index contributed by atoms with van der Waals surface area (Å²) in [6, 6.07) is 13.1. The number of nitrogens with zero attached hydrogens (tertiary/aromatic N) is 3. The van der Waals surface area contributed by atoms with E-state index in [9.17, 15) is 9.50 Å². The molecule has 6 heteroatoms. The number of aliphatic hydroxyl groups excluding tert-OH is 1. The molecule has 5 nitrogen and oxygen atoms in total. The molecule has 6 rings (SSSR count). The van der Waals surface area contributed by atoms with Crippen molar-refractivity contribution in [2.75, 3.05) is 24.7 Å². The second kappa shape index (κ2) is 7.64. The number of fused-ring (bicyclic) bond motifs is 2. The fourth-order valence-electron chi connectivity index (χ4n) is 5.23. The largest absolute Gasteiger partial charge is 0.388 e. The molecule has 0 amide bonds. The third kappa shape index (κ3) is 3.29. The Morgan fingerprint density at radius 2 is 1.81 bits per heavy atom. The zero-order valence-corrected chi connectivity index (χ0v) is 17.9. The number of benzene rings is 2. The fourth-order valence-corrected chi connectivity index (χ4v) is 5.23. The van der Waals surface area contributed by atoms with Crippen LogP contribution in [0.15, 0.2) is 54.9 Å². The van der Waals surface area contributed by atoms with Gasteiger partial charge in [0.15, 0.2) is 0 Å². The van der Waals surface area contributed by atoms with Crippen molar-refractivity contribution in [2.24, 2.45) is 5.92 Å². The van der Waals surface area contributed by atoms with Crippen molar-refractivity contribution < 1.29 is 14.2 Å². The van der Waals surface area contributed by atoms with Gasteiger partial charge in [-0.1, -0.05) is 30.3 Å². The van der Waals surface area contributed by atoms with E-state index in [1.54, 1.807) is 24.5 Å². The second-order valence-corrected chi connectivity index (χ2v) is 9.29. The van der Waals surface area contributed by atoms with Gasteiger partial charge in [-0.2, -0.15) is 0 Å². The van der Waals surface area contributed by atoms with Gasteiger partial charge in [-0.05, 0) is 54.9 Å². The van der Waals surface area contributed by atoms with Gasteiger partial charge >= 0.3 is 0 Å². The molecule has 3 aromatic rings. The summed E-state index contributed by atoms with van der Waals surface area (Å²) in [5.74, 6) is 0.565. The van der Waals surface area contributed by atoms with Crippen LogP contribution < -0.4 is 4.90 Å². The minimum atomic E-state index is -0.494. The molecular formula is C26H26FN3O2. The first kappa shape index (κ1) is 19.8. The molecule has 32 heavy (non-hydrogen) atoms. The van der Waals surface area contributed by atoms with Crippen LogP contribution in [0.5, 0.6) is 0 Å². The van der Waals surface area contributed by atoms with Gasteiger partial charge in [-0.3, -0.25) is 0 Å². The quantitative estimate of drug-likeness (QED) is 0.635. The highest BCUT2D eigenvalue weighted by atomic mass is 19.1. The topological polar surface area (TPSA) is 58.5 Å². The molecule has 3 heterocycles. The van der Waals surface area contributed by atoms with E-state index >= 15 is 0 Å². The Balaban J connectivity index is 1.33. The van der Waals surface area contributed by atoms with Gasteiger partial charge in [-0.25, -0.2) is 14.4 Å². The van der Waals surface area contributed by atoms with Crippen molar-refractivity contribution in [1.82, 2.24) is 9.97 Å². The maximum absolute atomic E-state index is 14.2. The lowest BCUT2D eigenvalue weighted by Gasteiger charge is -2.27. The first-order valence-corrected chi connectivity index (χ1v) is 11.4. The smallest absolute Gasteiger partial charge is 0.229 e. The Hall–Kier alpha value is -2.83. The maximum atomic E-state index is 14.2. The van der Waals surface area contributed by atoms with Gasteiger partial charge in [0.1, 0.15) is 5.82 Å². The minimum Gasteiger partial charge on any atom is -0.388 e. The predicted octanol–water partition coefficient (Wildman–Crippen LogP) is 4.93. The van der Waals surface area contributed by atoms with Crippen LogP contribution in [-0.4, -0.2) is 34.8 Å². The Kier molecular flexibility index (Phi) is 4.73. The molecule has 3 aliphatic rings. The molecule has 2 aliphatic heterocycles. The van der Waals surface area contributed by atoms with Crippen LogP contribution >= 0.6 is 0 Å². The predicted molar refractivity (Wildman–Crippen MR) is 120 cm³/mol. The van der Waals surface area contributed by atoms with Crippen LogP contribution in [0.2, 0.25) is 0 Å². The van der Waals surface area contributed by atoms with E-state index < -0.39 is 6.10 Å². The average Bonchev–Trinajstić information content (AvgIpc) is 3.56. The highest BCUT2D eigenvalue weighted by Crippen LogP contribution is 2.58. The Bertz CT molecular complexity index is 1140. The van der Waals surface area contributed by atoms with Crippen LogP contribution in [0.25, 0.3) is 11.1 Å². The number of hydrogen-bond donors (Lipinski definition) is 1. The summed E-state index contributed by atoms with van der Waals surface area (Å²) in [5, 5.41) is 11.0. The minimum absolute atomic E-state index is 0.172. The molecule has 164 valence electrons. The van der Waals surface area contributed by atoms with Crippen molar-refractivity contribution >= 4 is 11.6 Å². The zero-order valence-electron chi connectivity index (χ0n) is 17.9. The summed E-state index contributed by atoms with van der Waals surface area (Å²) in [5.41, 5.74) is 4.69. The molecule has 1 aromatic heterocycles. The zero-order chi connectivity index (χ0) is 21.7. The van der Waals surface area contributed by atoms with Gasteiger partial charge in [0.25, 0.3) is 0 Å². The molecule has 1 saturated heterocycles. The molecule has 0 bridgehead atoms. The lowest BCUT2D eigenvalue weighted by atomic mass is 9.88. The number of anilines is 2. The van der Waals surface area contributed by atoms with E-state index in [2.05, 4.69) is 33.1 Å². The van der Waals surface area contributed by atoms with Crippen molar-refractivity contribution in [3.63, 3.8) is 0 Å². The summed E-state index contributed by atoms with van der Waals surface area (Å²) < 4.78 is 19.6. The van der Waals surface area contributed by atoms with Gasteiger partial charge in [-0.15, -0.1) is 0 Å². The standard InChI is InChI=1S/C26H26FN3O2/c27-22-4-2-1-3-20(22)19-14-28-25(29-15-19)30-16-26(9-10-26)21-6-5-18(13-23(21)30)24(31)17-7-11-32-12-8-17/h1-6,13-15,17,24,31H,7-12,16H2. The van der Waals surface area contributed by atoms with Crippen molar-refractivity contribution in [2.45, 2.75) is 37.2 Å². The molecule has 0 radical (unpaired) electrons. The number of aliphatic hydroxyl groups is 1. The van der Waals surface area contributed by atoms with Crippen molar-refractivity contribution in [1.29, 1.82) is 0 Å². The molecular weight excluding hydrogens is 405 g/mol. The fraction of sp³-hybridized carbons (Fsp3) is 0.385. The number of hydrogen-bond acceptors (Lipinski definition) is 5. The molecule has 1 unspecified atom stereocenters. The molecule has 1 saturated carbocycles.